The van der Waals surface area contributed by atoms with Crippen molar-refractivity contribution < 1.29 is 0 Å². The van der Waals surface area contributed by atoms with Gasteiger partial charge in [-0.15, -0.1) is 0 Å². The third-order valence-corrected chi connectivity index (χ3v) is 3.01. The molecule has 2 atom stereocenters. The molecule has 0 aromatic heterocycles. The highest BCUT2D eigenvalue weighted by Gasteiger charge is 2.10. The molecule has 0 heterocycles. The van der Waals surface area contributed by atoms with Gasteiger partial charge in [0.2, 0.25) is 0 Å². The summed E-state index contributed by atoms with van der Waals surface area (Å²) >= 11 is 0. The van der Waals surface area contributed by atoms with E-state index >= 15 is 0 Å². The Morgan fingerprint density at radius 3 is 2.85 bits per heavy atom. The van der Waals surface area contributed by atoms with Crippen molar-refractivity contribution in [2.45, 2.75) is 46.5 Å². The first-order chi connectivity index (χ1) is 6.22. The van der Waals surface area contributed by atoms with E-state index in [0.29, 0.717) is 0 Å². The van der Waals surface area contributed by atoms with Gasteiger partial charge in [-0.25, -0.2) is 0 Å². The molecule has 13 heavy (non-hydrogen) atoms. The molecule has 0 heteroatoms. The third-order valence-electron chi connectivity index (χ3n) is 3.01. The van der Waals surface area contributed by atoms with Crippen LogP contribution in [-0.4, -0.2) is 0 Å². The van der Waals surface area contributed by atoms with Gasteiger partial charge in [-0.2, -0.15) is 0 Å². The second kappa shape index (κ2) is 5.26. The van der Waals surface area contributed by atoms with Crippen LogP contribution in [0.2, 0.25) is 0 Å². The minimum atomic E-state index is 0.861. The third kappa shape index (κ3) is 3.80. The van der Waals surface area contributed by atoms with Crippen LogP contribution in [0.15, 0.2) is 23.8 Å². The van der Waals surface area contributed by atoms with E-state index in [0.717, 1.165) is 11.8 Å². The van der Waals surface area contributed by atoms with Gasteiger partial charge in [0.15, 0.2) is 0 Å². The van der Waals surface area contributed by atoms with Crippen molar-refractivity contribution in [3.63, 3.8) is 0 Å². The fraction of sp³-hybridized carbons (Fsp3) is 0.692. The summed E-state index contributed by atoms with van der Waals surface area (Å²) in [5.41, 5.74) is 1.43. The topological polar surface area (TPSA) is 0 Å². The summed E-state index contributed by atoms with van der Waals surface area (Å²) in [7, 11) is 0. The first-order valence-corrected chi connectivity index (χ1v) is 5.55. The normalized spacial score (nSPS) is 30.2. The highest BCUT2D eigenvalue weighted by atomic mass is 14.2. The van der Waals surface area contributed by atoms with Crippen LogP contribution in [0.1, 0.15) is 46.5 Å². The van der Waals surface area contributed by atoms with Gasteiger partial charge in [0.05, 0.1) is 0 Å². The molecule has 0 N–H and O–H groups in total. The van der Waals surface area contributed by atoms with E-state index in [9.17, 15) is 0 Å². The Labute approximate surface area is 82.7 Å². The molecule has 1 aliphatic carbocycles. The van der Waals surface area contributed by atoms with Crippen molar-refractivity contribution in [3.8, 4) is 0 Å². The van der Waals surface area contributed by atoms with Crippen molar-refractivity contribution in [2.75, 3.05) is 0 Å². The summed E-state index contributed by atoms with van der Waals surface area (Å²) in [5.74, 6) is 1.77. The first-order valence-electron chi connectivity index (χ1n) is 5.55. The zero-order valence-corrected chi connectivity index (χ0v) is 9.22. The second-order valence-corrected chi connectivity index (χ2v) is 4.44. The molecule has 0 aromatic rings. The summed E-state index contributed by atoms with van der Waals surface area (Å²) < 4.78 is 0. The van der Waals surface area contributed by atoms with Crippen LogP contribution in [-0.2, 0) is 0 Å². The molecule has 0 aliphatic heterocycles. The quantitative estimate of drug-likeness (QED) is 0.560. The average Bonchev–Trinajstić information content (AvgIpc) is 2.19. The summed E-state index contributed by atoms with van der Waals surface area (Å²) in [6.07, 6.45) is 12.2. The molecule has 0 spiro atoms. The molecule has 0 aromatic carbocycles. The molecular formula is C13H22. The van der Waals surface area contributed by atoms with Crippen LogP contribution >= 0.6 is 0 Å². The molecule has 1 aliphatic rings. The lowest BCUT2D eigenvalue weighted by atomic mass is 9.90. The zero-order valence-electron chi connectivity index (χ0n) is 9.22. The second-order valence-electron chi connectivity index (χ2n) is 4.44. The van der Waals surface area contributed by atoms with Crippen LogP contribution in [0.5, 0.6) is 0 Å². The Balaban J connectivity index is 2.60. The minimum Gasteiger partial charge on any atom is -0.0840 e. The Hall–Kier alpha value is -0.520. The first kappa shape index (κ1) is 10.6. The van der Waals surface area contributed by atoms with Gasteiger partial charge in [-0.05, 0) is 38.0 Å². The van der Waals surface area contributed by atoms with Gasteiger partial charge < -0.3 is 0 Å². The van der Waals surface area contributed by atoms with Crippen LogP contribution < -0.4 is 0 Å². The standard InChI is InChI=1S/C13H22/c1-4-13-7-5-6-11(2)8-9-12(3)10-13/h5-6,8,12-13H,4,7,9-10H2,1-3H3. The van der Waals surface area contributed by atoms with Gasteiger partial charge in [0.1, 0.15) is 0 Å². The highest BCUT2D eigenvalue weighted by molar-refractivity contribution is 5.16. The lowest BCUT2D eigenvalue weighted by Gasteiger charge is -2.16. The molecule has 0 saturated heterocycles. The fourth-order valence-corrected chi connectivity index (χ4v) is 2.00. The Bertz CT molecular complexity index is 198. The van der Waals surface area contributed by atoms with E-state index in [-0.39, 0.29) is 0 Å². The van der Waals surface area contributed by atoms with Crippen molar-refractivity contribution >= 4 is 0 Å². The van der Waals surface area contributed by atoms with E-state index in [1.807, 2.05) is 0 Å². The van der Waals surface area contributed by atoms with Crippen LogP contribution in [0.3, 0.4) is 0 Å². The molecule has 0 nitrogen and oxygen atoms in total. The Morgan fingerprint density at radius 1 is 1.38 bits per heavy atom. The zero-order chi connectivity index (χ0) is 9.68. The van der Waals surface area contributed by atoms with Crippen LogP contribution in [0.4, 0.5) is 0 Å². The average molecular weight is 178 g/mol. The minimum absolute atomic E-state index is 0.861. The van der Waals surface area contributed by atoms with Crippen molar-refractivity contribution in [1.82, 2.24) is 0 Å². The summed E-state index contributed by atoms with van der Waals surface area (Å²) in [6, 6.07) is 0. The van der Waals surface area contributed by atoms with Crippen molar-refractivity contribution in [2.24, 2.45) is 11.8 Å². The highest BCUT2D eigenvalue weighted by Crippen LogP contribution is 2.24. The SMILES string of the molecule is CCC1CC=CC(C)=CCC(C)C1. The molecule has 1 rings (SSSR count). The molecule has 74 valence electrons. The predicted octanol–water partition coefficient (Wildman–Crippen LogP) is 4.34. The largest absolute Gasteiger partial charge is 0.0840 e. The van der Waals surface area contributed by atoms with Gasteiger partial charge in [-0.1, -0.05) is 44.1 Å². The predicted molar refractivity (Wildman–Crippen MR) is 59.7 cm³/mol. The fourth-order valence-electron chi connectivity index (χ4n) is 2.00. The number of hydrogen-bond acceptors (Lipinski definition) is 0. The van der Waals surface area contributed by atoms with E-state index < -0.39 is 0 Å². The maximum absolute atomic E-state index is 2.37. The van der Waals surface area contributed by atoms with Crippen LogP contribution in [0, 0.1) is 11.8 Å². The van der Waals surface area contributed by atoms with Gasteiger partial charge in [0, 0.05) is 0 Å². The molecule has 0 fully saturated rings. The molecule has 0 bridgehead atoms. The molecule has 0 amide bonds. The summed E-state index contributed by atoms with van der Waals surface area (Å²) in [5, 5.41) is 0. The lowest BCUT2D eigenvalue weighted by molar-refractivity contribution is 0.386. The number of hydrogen-bond donors (Lipinski definition) is 0. The van der Waals surface area contributed by atoms with E-state index in [2.05, 4.69) is 39.0 Å². The maximum atomic E-state index is 2.37. The molecule has 0 saturated carbocycles. The molecule has 0 radical (unpaired) electrons. The molecule has 2 unspecified atom stereocenters. The van der Waals surface area contributed by atoms with Gasteiger partial charge in [-0.3, -0.25) is 0 Å². The molecular weight excluding hydrogens is 156 g/mol. The lowest BCUT2D eigenvalue weighted by Crippen LogP contribution is -2.03. The van der Waals surface area contributed by atoms with E-state index in [4.69, 9.17) is 0 Å². The van der Waals surface area contributed by atoms with E-state index in [1.165, 1.54) is 31.3 Å². The van der Waals surface area contributed by atoms with Crippen molar-refractivity contribution in [3.05, 3.63) is 23.8 Å². The smallest absolute Gasteiger partial charge is 0.0319 e. The Morgan fingerprint density at radius 2 is 2.15 bits per heavy atom. The van der Waals surface area contributed by atoms with Crippen molar-refractivity contribution in [1.29, 1.82) is 0 Å². The van der Waals surface area contributed by atoms with E-state index in [1.54, 1.807) is 0 Å². The monoisotopic (exact) mass is 178 g/mol. The van der Waals surface area contributed by atoms with Gasteiger partial charge in [0.25, 0.3) is 0 Å². The number of allylic oxidation sites excluding steroid dienone is 4. The number of rotatable bonds is 1. The summed E-state index contributed by atoms with van der Waals surface area (Å²) in [6.45, 7) is 6.89. The summed E-state index contributed by atoms with van der Waals surface area (Å²) in [4.78, 5) is 0. The van der Waals surface area contributed by atoms with Gasteiger partial charge >= 0.3 is 0 Å². The van der Waals surface area contributed by atoms with Crippen LogP contribution in [0.25, 0.3) is 0 Å². The maximum Gasteiger partial charge on any atom is -0.0319 e. The Kier molecular flexibility index (Phi) is 4.27.